The molecule has 0 aromatic heterocycles. The lowest BCUT2D eigenvalue weighted by Crippen LogP contribution is -2.39. The van der Waals surface area contributed by atoms with E-state index in [-0.39, 0.29) is 67.5 Å². The van der Waals surface area contributed by atoms with E-state index in [1.165, 1.54) is 58.7 Å². The number of carbonyl (C=O) groups excluding carboxylic acids is 4. The second-order valence-electron chi connectivity index (χ2n) is 33.5. The first kappa shape index (κ1) is 109. The second-order valence-corrected chi connectivity index (χ2v) is 55.2. The van der Waals surface area contributed by atoms with Crippen LogP contribution in [0.5, 0.6) is 0 Å². The fraction of sp³-hybridized carbons (Fsp3) is 0.145. The minimum absolute atomic E-state index is 0.189. The summed E-state index contributed by atoms with van der Waals surface area (Å²) in [5.74, 6) is -0.943. The van der Waals surface area contributed by atoms with Crippen LogP contribution in [0.3, 0.4) is 0 Å². The monoisotopic (exact) mass is 3280 g/mol. The predicted octanol–water partition coefficient (Wildman–Crippen LogP) is 36.0. The maximum atomic E-state index is 13.5. The molecular formula is C117H92I12O8S4+4. The molecule has 0 atom stereocenters. The standard InChI is InChI=1S/C30H24I3O2S.C30H26I3O2S.C29H22I3O2S.C28H20I3O2S/c31-25-17-18-26(32)28(33)27(25)29(34)35-30(19-7-8-20-30)21-13-15-24(16-14-21)36(22-9-3-1-4-10-22)23-11-5-2-6-12-23;1-3-30(4-2,35-29(34)27-25(31)19-20-26(32)28(27)33)21-15-17-24(18-16-21)36(22-11-7-5-8-12-22)23-13-9-6-10-14-23;30-24-16-17-25(31)27(32)26(24)28(33)34-29(18-7-19-29)20-12-14-23(15-13-20)35(21-8-3-1-4-9-21)22-10-5-2-6-11-22;29-23-15-16-24(30)26(31)25(23)27(32)33-28(17-18-28)19-11-13-22(14-12-19)34(20-7-3-1-4-8-20)21-9-5-2-6-10-21/h1-6,9-18H,7-8,19-20H2;5-20H,3-4H2,1-2H3;1-6,8-17H,7,18-19H2;1-16H,17-18H2/q4*+1. The SMILES string of the molecule is CCC(CC)(OC(=O)c1c(I)ccc(I)c1I)c1ccc([S+](c2ccccc2)c2ccccc2)cc1.O=C(OC1(c2ccc([S+](c3ccccc3)c3ccccc3)cc2)CC1)c1c(I)ccc(I)c1I.O=C(OC1(c2ccc([S+](c3ccccc3)c3ccccc3)cc2)CCC1)c1c(I)ccc(I)c1I.O=C(OC1(c2ccc([S+](c3ccccc3)c3ccccc3)cc2)CCCC1)c1c(I)ccc(I)c1I. The largest absolute Gasteiger partial charge is 0.451 e. The summed E-state index contributed by atoms with van der Waals surface area (Å²) in [5, 5.41) is 0. The van der Waals surface area contributed by atoms with Crippen molar-refractivity contribution in [3.8, 4) is 0 Å². The zero-order chi connectivity index (χ0) is 99.0. The van der Waals surface area contributed by atoms with E-state index in [1.54, 1.807) is 0 Å². The molecule has 3 fully saturated rings. The number of hydrogen-bond acceptors (Lipinski definition) is 8. The van der Waals surface area contributed by atoms with Gasteiger partial charge in [0, 0.05) is 42.8 Å². The summed E-state index contributed by atoms with van der Waals surface area (Å²) >= 11 is 27.0. The van der Waals surface area contributed by atoms with E-state index < -0.39 is 22.4 Å². The molecule has 3 aliphatic carbocycles. The summed E-state index contributed by atoms with van der Waals surface area (Å²) in [6.07, 6.45) is 9.75. The molecule has 19 rings (SSSR count). The van der Waals surface area contributed by atoms with Gasteiger partial charge in [-0.3, -0.25) is 0 Å². The van der Waals surface area contributed by atoms with Crippen molar-refractivity contribution in [2.24, 2.45) is 0 Å². The minimum Gasteiger partial charge on any atom is -0.451 e. The topological polar surface area (TPSA) is 105 Å². The number of halogens is 12. The molecule has 24 heteroatoms. The van der Waals surface area contributed by atoms with Gasteiger partial charge >= 0.3 is 23.9 Å². The lowest BCUT2D eigenvalue weighted by atomic mass is 9.75. The van der Waals surface area contributed by atoms with Gasteiger partial charge in [0.15, 0.2) is 58.7 Å². The molecular weight excluding hydrogens is 3180 g/mol. The van der Waals surface area contributed by atoms with Crippen molar-refractivity contribution in [1.29, 1.82) is 0 Å². The summed E-state index contributed by atoms with van der Waals surface area (Å²) in [7, 11) is -0.794. The van der Waals surface area contributed by atoms with E-state index in [4.69, 9.17) is 18.9 Å². The van der Waals surface area contributed by atoms with Crippen molar-refractivity contribution >= 4 is 339 Å². The van der Waals surface area contributed by atoms with Crippen LogP contribution < -0.4 is 0 Å². The number of carbonyl (C=O) groups is 4. The molecule has 0 heterocycles. The molecule has 0 saturated heterocycles. The highest BCUT2D eigenvalue weighted by molar-refractivity contribution is 14.1. The quantitative estimate of drug-likeness (QED) is 0.0174. The van der Waals surface area contributed by atoms with Gasteiger partial charge in [0.2, 0.25) is 0 Å². The Morgan fingerprint density at radius 1 is 0.227 bits per heavy atom. The van der Waals surface area contributed by atoms with Gasteiger partial charge in [0.25, 0.3) is 0 Å². The summed E-state index contributed by atoms with van der Waals surface area (Å²) in [5.41, 5.74) is 4.67. The molecule has 8 nitrogen and oxygen atoms in total. The molecule has 0 spiro atoms. The maximum Gasteiger partial charge on any atom is 0.341 e. The van der Waals surface area contributed by atoms with E-state index in [0.717, 1.165) is 123 Å². The number of rotatable bonds is 26. The first-order valence-electron chi connectivity index (χ1n) is 45.6. The van der Waals surface area contributed by atoms with E-state index in [9.17, 15) is 19.2 Å². The fourth-order valence-electron chi connectivity index (χ4n) is 17.2. The van der Waals surface area contributed by atoms with Crippen molar-refractivity contribution in [2.45, 2.75) is 166 Å². The summed E-state index contributed by atoms with van der Waals surface area (Å²) < 4.78 is 37.0. The van der Waals surface area contributed by atoms with Gasteiger partial charge in [0.1, 0.15) is 22.4 Å². The van der Waals surface area contributed by atoms with Crippen molar-refractivity contribution in [3.63, 3.8) is 0 Å². The van der Waals surface area contributed by atoms with Gasteiger partial charge in [0.05, 0.1) is 65.8 Å². The predicted molar refractivity (Wildman–Crippen MR) is 675 cm³/mol. The summed E-state index contributed by atoms with van der Waals surface area (Å²) in [6, 6.07) is 136. The van der Waals surface area contributed by atoms with Gasteiger partial charge in [-0.25, -0.2) is 19.2 Å². The van der Waals surface area contributed by atoms with Crippen molar-refractivity contribution in [2.75, 3.05) is 0 Å². The van der Waals surface area contributed by atoms with Gasteiger partial charge in [-0.15, -0.1) is 0 Å². The van der Waals surface area contributed by atoms with Crippen LogP contribution in [-0.2, 0) is 84.9 Å². The third-order valence-corrected chi connectivity index (χ3v) is 49.6. The highest BCUT2D eigenvalue weighted by atomic mass is 127. The van der Waals surface area contributed by atoms with Gasteiger partial charge in [-0.1, -0.05) is 208 Å². The Morgan fingerprint density at radius 3 is 0.610 bits per heavy atom. The Bertz CT molecular complexity index is 6670. The van der Waals surface area contributed by atoms with Crippen LogP contribution in [-0.4, -0.2) is 23.9 Å². The average Bonchev–Trinajstić information content (AvgIpc) is 1.57. The molecule has 16 aromatic carbocycles. The molecule has 0 radical (unpaired) electrons. The average molecular weight is 3280 g/mol. The van der Waals surface area contributed by atoms with E-state index in [0.29, 0.717) is 35.1 Å². The Hall–Kier alpha value is -4.44. The van der Waals surface area contributed by atoms with E-state index in [2.05, 4.69) is 625 Å². The molecule has 3 aliphatic rings. The molecule has 3 saturated carbocycles. The Balaban J connectivity index is 0.000000135. The molecule has 0 bridgehead atoms. The molecule has 0 amide bonds. The molecule has 0 unspecified atom stereocenters. The third kappa shape index (κ3) is 26.2. The van der Waals surface area contributed by atoms with Gasteiger partial charge in [-0.2, -0.15) is 0 Å². The highest BCUT2D eigenvalue weighted by Crippen LogP contribution is 2.53. The molecule has 0 N–H and O–H groups in total. The summed E-state index contributed by atoms with van der Waals surface area (Å²) in [4.78, 5) is 68.8. The molecule has 16 aromatic rings. The van der Waals surface area contributed by atoms with E-state index >= 15 is 0 Å². The van der Waals surface area contributed by atoms with Crippen LogP contribution in [0.25, 0.3) is 0 Å². The normalized spacial score (nSPS) is 13.7. The van der Waals surface area contributed by atoms with Crippen molar-refractivity contribution < 1.29 is 38.1 Å². The van der Waals surface area contributed by atoms with Crippen molar-refractivity contribution in [3.05, 3.63) is 476 Å². The first-order valence-corrected chi connectivity index (χ1v) is 63.5. The minimum atomic E-state index is -0.679. The van der Waals surface area contributed by atoms with Crippen LogP contribution in [0, 0.1) is 42.8 Å². The Labute approximate surface area is 1000 Å². The van der Waals surface area contributed by atoms with Gasteiger partial charge in [-0.05, 0) is 558 Å². The van der Waals surface area contributed by atoms with E-state index in [1.807, 2.05) is 48.5 Å². The lowest BCUT2D eigenvalue weighted by Gasteiger charge is -2.41. The van der Waals surface area contributed by atoms with Crippen LogP contribution in [0.2, 0.25) is 0 Å². The Morgan fingerprint density at radius 2 is 0.411 bits per heavy atom. The molecule has 141 heavy (non-hydrogen) atoms. The number of benzene rings is 16. The highest BCUT2D eigenvalue weighted by Gasteiger charge is 2.51. The summed E-state index contributed by atoms with van der Waals surface area (Å²) in [6.45, 7) is 4.18. The molecule has 712 valence electrons. The number of hydrogen-bond donors (Lipinski definition) is 0. The van der Waals surface area contributed by atoms with Crippen molar-refractivity contribution in [1.82, 2.24) is 0 Å². The maximum absolute atomic E-state index is 13.5. The van der Waals surface area contributed by atoms with Crippen LogP contribution in [0.15, 0.2) is 447 Å². The van der Waals surface area contributed by atoms with Crippen LogP contribution in [0.1, 0.15) is 148 Å². The smallest absolute Gasteiger partial charge is 0.341 e. The zero-order valence-electron chi connectivity index (χ0n) is 76.2. The number of ether oxygens (including phenoxy) is 4. The van der Waals surface area contributed by atoms with Gasteiger partial charge < -0.3 is 18.9 Å². The van der Waals surface area contributed by atoms with Crippen LogP contribution >= 0.6 is 271 Å². The third-order valence-electron chi connectivity index (χ3n) is 24.9. The molecule has 0 aliphatic heterocycles. The fourth-order valence-corrected chi connectivity index (χ4v) is 34.8. The lowest BCUT2D eigenvalue weighted by molar-refractivity contribution is -0.0674. The first-order chi connectivity index (χ1) is 68.3. The van der Waals surface area contributed by atoms with Crippen LogP contribution in [0.4, 0.5) is 0 Å². The zero-order valence-corrected chi connectivity index (χ0v) is 105. The Kier molecular flexibility index (Phi) is 39.8. The second kappa shape index (κ2) is 51.4. The number of esters is 4.